The van der Waals surface area contributed by atoms with E-state index in [-0.39, 0.29) is 23.8 Å². The molecule has 0 spiro atoms. The summed E-state index contributed by atoms with van der Waals surface area (Å²) in [5.74, 6) is -0.00683. The standard InChI is InChI=1S/C15H27N3O3/c1-15(2,3)21-14(20)17-9-11-8-10(6-7-12(11)16)13(19)18(4)5/h9-12H,6-8,16H2,1-5H3/t10-,11?,12-/m0/s1. The number of carbonyl (C=O) groups is 2. The topological polar surface area (TPSA) is 85.0 Å². The van der Waals surface area contributed by atoms with Gasteiger partial charge in [-0.1, -0.05) is 0 Å². The van der Waals surface area contributed by atoms with E-state index in [0.29, 0.717) is 6.42 Å². The Hall–Kier alpha value is -1.43. The van der Waals surface area contributed by atoms with Crippen LogP contribution >= 0.6 is 0 Å². The van der Waals surface area contributed by atoms with Gasteiger partial charge in [-0.05, 0) is 40.0 Å². The fraction of sp³-hybridized carbons (Fsp3) is 0.800. The van der Waals surface area contributed by atoms with Gasteiger partial charge in [-0.15, -0.1) is 0 Å². The van der Waals surface area contributed by atoms with E-state index in [9.17, 15) is 9.59 Å². The third-order valence-corrected chi connectivity index (χ3v) is 3.51. The first-order valence-electron chi connectivity index (χ1n) is 7.34. The van der Waals surface area contributed by atoms with Gasteiger partial charge in [0.2, 0.25) is 5.91 Å². The van der Waals surface area contributed by atoms with E-state index in [4.69, 9.17) is 10.5 Å². The summed E-state index contributed by atoms with van der Waals surface area (Å²) in [7, 11) is 3.50. The molecule has 0 aromatic heterocycles. The Labute approximate surface area is 126 Å². The average Bonchev–Trinajstić information content (AvgIpc) is 2.34. The molecule has 6 heteroatoms. The summed E-state index contributed by atoms with van der Waals surface area (Å²) in [5, 5.41) is 0. The van der Waals surface area contributed by atoms with Gasteiger partial charge in [-0.2, -0.15) is 4.99 Å². The van der Waals surface area contributed by atoms with Gasteiger partial charge in [0.05, 0.1) is 0 Å². The van der Waals surface area contributed by atoms with Gasteiger partial charge in [0.1, 0.15) is 5.60 Å². The lowest BCUT2D eigenvalue weighted by Gasteiger charge is -2.32. The first-order valence-corrected chi connectivity index (χ1v) is 7.34. The van der Waals surface area contributed by atoms with Crippen molar-refractivity contribution in [3.63, 3.8) is 0 Å². The van der Waals surface area contributed by atoms with Gasteiger partial charge in [-0.25, -0.2) is 4.79 Å². The quantitative estimate of drug-likeness (QED) is 0.788. The second kappa shape index (κ2) is 7.02. The van der Waals surface area contributed by atoms with Crippen LogP contribution in [0.1, 0.15) is 40.0 Å². The first kappa shape index (κ1) is 17.6. The molecule has 0 saturated heterocycles. The second-order valence-electron chi connectivity index (χ2n) is 6.83. The molecule has 120 valence electrons. The molecule has 1 aliphatic rings. The van der Waals surface area contributed by atoms with E-state index in [1.165, 1.54) is 0 Å². The van der Waals surface area contributed by atoms with Crippen molar-refractivity contribution >= 4 is 18.2 Å². The number of carbonyl (C=O) groups excluding carboxylic acids is 2. The molecule has 1 unspecified atom stereocenters. The van der Waals surface area contributed by atoms with E-state index in [0.717, 1.165) is 12.8 Å². The van der Waals surface area contributed by atoms with Crippen molar-refractivity contribution in [1.82, 2.24) is 4.90 Å². The molecular weight excluding hydrogens is 270 g/mol. The lowest BCUT2D eigenvalue weighted by molar-refractivity contribution is -0.134. The van der Waals surface area contributed by atoms with E-state index in [1.54, 1.807) is 46.0 Å². The Bertz CT molecular complexity index is 413. The Morgan fingerprint density at radius 1 is 1.29 bits per heavy atom. The van der Waals surface area contributed by atoms with Crippen LogP contribution in [0, 0.1) is 11.8 Å². The largest absolute Gasteiger partial charge is 0.442 e. The van der Waals surface area contributed by atoms with Gasteiger partial charge < -0.3 is 15.4 Å². The van der Waals surface area contributed by atoms with Crippen LogP contribution < -0.4 is 5.73 Å². The van der Waals surface area contributed by atoms with Gasteiger partial charge in [0.25, 0.3) is 0 Å². The number of hydrogen-bond acceptors (Lipinski definition) is 4. The van der Waals surface area contributed by atoms with Crippen molar-refractivity contribution < 1.29 is 14.3 Å². The minimum atomic E-state index is -0.615. The van der Waals surface area contributed by atoms with Gasteiger partial charge in [-0.3, -0.25) is 4.79 Å². The van der Waals surface area contributed by atoms with E-state index in [1.807, 2.05) is 0 Å². The average molecular weight is 297 g/mol. The van der Waals surface area contributed by atoms with Crippen molar-refractivity contribution in [3.8, 4) is 0 Å². The van der Waals surface area contributed by atoms with Crippen LogP contribution in [0.25, 0.3) is 0 Å². The molecule has 2 N–H and O–H groups in total. The molecule has 1 rings (SSSR count). The Morgan fingerprint density at radius 3 is 2.43 bits per heavy atom. The van der Waals surface area contributed by atoms with Gasteiger partial charge in [0.15, 0.2) is 0 Å². The van der Waals surface area contributed by atoms with E-state index >= 15 is 0 Å². The molecule has 3 atom stereocenters. The molecule has 1 fully saturated rings. The Balaban J connectivity index is 2.64. The molecule has 0 aromatic carbocycles. The third kappa shape index (κ3) is 5.83. The number of rotatable bonds is 2. The Morgan fingerprint density at radius 2 is 1.90 bits per heavy atom. The van der Waals surface area contributed by atoms with Crippen LogP contribution in [0.5, 0.6) is 0 Å². The smallest absolute Gasteiger partial charge is 0.433 e. The van der Waals surface area contributed by atoms with Crippen LogP contribution in [0.4, 0.5) is 4.79 Å². The maximum atomic E-state index is 12.0. The number of ether oxygens (including phenoxy) is 1. The van der Waals surface area contributed by atoms with Crippen LogP contribution in [0.2, 0.25) is 0 Å². The molecular formula is C15H27N3O3. The summed E-state index contributed by atoms with van der Waals surface area (Å²) in [6.45, 7) is 5.37. The maximum absolute atomic E-state index is 12.0. The minimum absolute atomic E-state index is 0.0464. The van der Waals surface area contributed by atoms with Crippen molar-refractivity contribution in [2.45, 2.75) is 51.7 Å². The fourth-order valence-electron chi connectivity index (χ4n) is 2.43. The summed E-state index contributed by atoms with van der Waals surface area (Å²) in [4.78, 5) is 29.1. The first-order chi connectivity index (χ1) is 9.60. The molecule has 1 aliphatic carbocycles. The summed E-state index contributed by atoms with van der Waals surface area (Å²) in [5.41, 5.74) is 5.50. The van der Waals surface area contributed by atoms with Crippen LogP contribution in [0.3, 0.4) is 0 Å². The fourth-order valence-corrected chi connectivity index (χ4v) is 2.43. The highest BCUT2D eigenvalue weighted by Crippen LogP contribution is 2.28. The van der Waals surface area contributed by atoms with Crippen LogP contribution in [-0.4, -0.2) is 48.9 Å². The van der Waals surface area contributed by atoms with Crippen molar-refractivity contribution in [2.24, 2.45) is 22.6 Å². The molecule has 2 amide bonds. The van der Waals surface area contributed by atoms with E-state index in [2.05, 4.69) is 4.99 Å². The highest BCUT2D eigenvalue weighted by molar-refractivity contribution is 5.82. The highest BCUT2D eigenvalue weighted by atomic mass is 16.6. The van der Waals surface area contributed by atoms with Crippen molar-refractivity contribution in [3.05, 3.63) is 0 Å². The Kier molecular flexibility index (Phi) is 5.89. The van der Waals surface area contributed by atoms with Crippen LogP contribution in [0.15, 0.2) is 4.99 Å². The molecule has 21 heavy (non-hydrogen) atoms. The monoisotopic (exact) mass is 297 g/mol. The summed E-state index contributed by atoms with van der Waals surface area (Å²) >= 11 is 0. The lowest BCUT2D eigenvalue weighted by Crippen LogP contribution is -2.42. The summed E-state index contributed by atoms with van der Waals surface area (Å²) in [6, 6.07) is -0.0672. The maximum Gasteiger partial charge on any atom is 0.433 e. The predicted octanol–water partition coefficient (Wildman–Crippen LogP) is 1.82. The molecule has 0 bridgehead atoms. The second-order valence-corrected chi connectivity index (χ2v) is 6.83. The number of aliphatic imine (C=N–C) groups is 1. The van der Waals surface area contributed by atoms with Crippen molar-refractivity contribution in [1.29, 1.82) is 0 Å². The number of amides is 2. The molecule has 1 saturated carbocycles. The van der Waals surface area contributed by atoms with Gasteiger partial charge >= 0.3 is 6.09 Å². The van der Waals surface area contributed by atoms with Crippen LogP contribution in [-0.2, 0) is 9.53 Å². The molecule has 6 nitrogen and oxygen atoms in total. The number of nitrogens with zero attached hydrogens (tertiary/aromatic N) is 2. The summed E-state index contributed by atoms with van der Waals surface area (Å²) in [6.07, 6.45) is 3.11. The molecule has 0 heterocycles. The number of hydrogen-bond donors (Lipinski definition) is 1. The zero-order chi connectivity index (χ0) is 16.2. The normalized spacial score (nSPS) is 26.7. The zero-order valence-electron chi connectivity index (χ0n) is 13.6. The zero-order valence-corrected chi connectivity index (χ0v) is 13.6. The van der Waals surface area contributed by atoms with Crippen molar-refractivity contribution in [2.75, 3.05) is 14.1 Å². The molecule has 0 radical (unpaired) electrons. The SMILES string of the molecule is CN(C)C(=O)[C@H]1CC[C@H](N)C(C=NC(=O)OC(C)(C)C)C1. The predicted molar refractivity (Wildman–Crippen MR) is 82.2 cm³/mol. The lowest BCUT2D eigenvalue weighted by atomic mass is 9.78. The molecule has 0 aromatic rings. The minimum Gasteiger partial charge on any atom is -0.442 e. The van der Waals surface area contributed by atoms with E-state index < -0.39 is 11.7 Å². The third-order valence-electron chi connectivity index (χ3n) is 3.51. The summed E-state index contributed by atoms with van der Waals surface area (Å²) < 4.78 is 5.12. The van der Waals surface area contributed by atoms with Gasteiger partial charge in [0, 0.05) is 38.2 Å². The molecule has 0 aliphatic heterocycles. The number of nitrogens with two attached hydrogens (primary N) is 1. The highest BCUT2D eigenvalue weighted by Gasteiger charge is 2.32.